The van der Waals surface area contributed by atoms with Crippen LogP contribution in [0.5, 0.6) is 5.75 Å². The van der Waals surface area contributed by atoms with Gasteiger partial charge in [-0.2, -0.15) is 0 Å². The summed E-state index contributed by atoms with van der Waals surface area (Å²) in [6, 6.07) is 21.3. The van der Waals surface area contributed by atoms with Gasteiger partial charge in [-0.1, -0.05) is 59.6 Å². The van der Waals surface area contributed by atoms with Gasteiger partial charge in [-0.25, -0.2) is 4.90 Å². The number of anilines is 1. The molecule has 150 valence electrons. The molecule has 4 rings (SSSR count). The average molecular weight is 456 g/mol. The first kappa shape index (κ1) is 20.5. The second-order valence-corrected chi connectivity index (χ2v) is 8.25. The Morgan fingerprint density at radius 2 is 1.60 bits per heavy atom. The number of rotatable bonds is 5. The standard InChI is InChI=1S/C23H15Cl2NO3S/c24-17-9-11-18(12-10-17)26-22(27)21(30-23(26)28)13-15-5-2-4-8-20(15)29-14-16-6-1-3-7-19(16)25/h1-13H,14H2/b21-13-. The number of para-hydroxylation sites is 1. The maximum Gasteiger partial charge on any atom is 0.298 e. The fraction of sp³-hybridized carbons (Fsp3) is 0.0435. The number of benzene rings is 3. The van der Waals surface area contributed by atoms with Crippen molar-refractivity contribution in [3.63, 3.8) is 0 Å². The van der Waals surface area contributed by atoms with Crippen molar-refractivity contribution in [2.45, 2.75) is 6.61 Å². The van der Waals surface area contributed by atoms with E-state index in [1.165, 1.54) is 0 Å². The Hall–Kier alpha value is -2.73. The maximum atomic E-state index is 12.9. The van der Waals surface area contributed by atoms with Gasteiger partial charge in [0.1, 0.15) is 12.4 Å². The van der Waals surface area contributed by atoms with E-state index in [0.717, 1.165) is 22.2 Å². The normalized spacial score (nSPS) is 15.1. The lowest BCUT2D eigenvalue weighted by molar-refractivity contribution is -0.113. The Balaban J connectivity index is 1.58. The smallest absolute Gasteiger partial charge is 0.298 e. The summed E-state index contributed by atoms with van der Waals surface area (Å²) in [7, 11) is 0. The number of amides is 2. The molecule has 1 heterocycles. The van der Waals surface area contributed by atoms with Gasteiger partial charge in [0.15, 0.2) is 0 Å². The summed E-state index contributed by atoms with van der Waals surface area (Å²) in [5.41, 5.74) is 2.04. The minimum atomic E-state index is -0.381. The second-order valence-electron chi connectivity index (χ2n) is 6.41. The van der Waals surface area contributed by atoms with Crippen LogP contribution in [0.3, 0.4) is 0 Å². The van der Waals surface area contributed by atoms with Crippen LogP contribution in [0.1, 0.15) is 11.1 Å². The van der Waals surface area contributed by atoms with Crippen LogP contribution in [0.25, 0.3) is 6.08 Å². The number of imide groups is 1. The molecule has 1 aliphatic rings. The zero-order chi connectivity index (χ0) is 21.1. The summed E-state index contributed by atoms with van der Waals surface area (Å²) < 4.78 is 5.94. The molecule has 4 nitrogen and oxygen atoms in total. The molecule has 3 aromatic carbocycles. The van der Waals surface area contributed by atoms with Gasteiger partial charge >= 0.3 is 0 Å². The average Bonchev–Trinajstić information content (AvgIpc) is 3.02. The largest absolute Gasteiger partial charge is 0.488 e. The first-order chi connectivity index (χ1) is 14.5. The molecule has 1 saturated heterocycles. The van der Waals surface area contributed by atoms with E-state index in [9.17, 15) is 9.59 Å². The summed E-state index contributed by atoms with van der Waals surface area (Å²) in [5, 5.41) is 0.799. The molecule has 0 bridgehead atoms. The zero-order valence-corrected chi connectivity index (χ0v) is 17.9. The third kappa shape index (κ3) is 4.38. The Morgan fingerprint density at radius 3 is 2.37 bits per heavy atom. The van der Waals surface area contributed by atoms with Gasteiger partial charge in [0.25, 0.3) is 11.1 Å². The Kier molecular flexibility index (Phi) is 6.13. The number of hydrogen-bond donors (Lipinski definition) is 0. The van der Waals surface area contributed by atoms with E-state index in [2.05, 4.69) is 0 Å². The fourth-order valence-corrected chi connectivity index (χ4v) is 4.07. The number of carbonyl (C=O) groups is 2. The van der Waals surface area contributed by atoms with Crippen molar-refractivity contribution in [2.75, 3.05) is 4.90 Å². The highest BCUT2D eigenvalue weighted by molar-refractivity contribution is 8.19. The molecular weight excluding hydrogens is 441 g/mol. The fourth-order valence-electron chi connectivity index (χ4n) is 2.92. The van der Waals surface area contributed by atoms with Crippen LogP contribution in [0, 0.1) is 0 Å². The lowest BCUT2D eigenvalue weighted by Gasteiger charge is -2.12. The summed E-state index contributed by atoms with van der Waals surface area (Å²) in [6.07, 6.45) is 1.67. The van der Waals surface area contributed by atoms with E-state index >= 15 is 0 Å². The zero-order valence-electron chi connectivity index (χ0n) is 15.5. The topological polar surface area (TPSA) is 46.6 Å². The van der Waals surface area contributed by atoms with E-state index in [0.29, 0.717) is 32.0 Å². The summed E-state index contributed by atoms with van der Waals surface area (Å²) in [6.45, 7) is 0.288. The van der Waals surface area contributed by atoms with Gasteiger partial charge in [-0.05, 0) is 54.2 Å². The lowest BCUT2D eigenvalue weighted by Crippen LogP contribution is -2.27. The highest BCUT2D eigenvalue weighted by atomic mass is 35.5. The number of carbonyl (C=O) groups excluding carboxylic acids is 2. The predicted molar refractivity (Wildman–Crippen MR) is 122 cm³/mol. The van der Waals surface area contributed by atoms with E-state index in [-0.39, 0.29) is 17.8 Å². The monoisotopic (exact) mass is 455 g/mol. The maximum absolute atomic E-state index is 12.9. The summed E-state index contributed by atoms with van der Waals surface area (Å²) in [4.78, 5) is 26.8. The summed E-state index contributed by atoms with van der Waals surface area (Å²) in [5.74, 6) is 0.212. The minimum Gasteiger partial charge on any atom is -0.488 e. The van der Waals surface area contributed by atoms with Gasteiger partial charge in [0, 0.05) is 21.2 Å². The molecule has 0 saturated carbocycles. The van der Waals surface area contributed by atoms with Crippen LogP contribution in [-0.2, 0) is 11.4 Å². The second kappa shape index (κ2) is 8.96. The van der Waals surface area contributed by atoms with Crippen molar-refractivity contribution in [1.29, 1.82) is 0 Å². The van der Waals surface area contributed by atoms with Crippen LogP contribution in [-0.4, -0.2) is 11.1 Å². The number of hydrogen-bond acceptors (Lipinski definition) is 4. The molecule has 0 atom stereocenters. The molecule has 3 aromatic rings. The highest BCUT2D eigenvalue weighted by Crippen LogP contribution is 2.37. The molecule has 0 spiro atoms. The van der Waals surface area contributed by atoms with Crippen molar-refractivity contribution in [1.82, 2.24) is 0 Å². The number of thioether (sulfide) groups is 1. The number of ether oxygens (including phenoxy) is 1. The minimum absolute atomic E-state index is 0.288. The molecule has 0 radical (unpaired) electrons. The van der Waals surface area contributed by atoms with Crippen molar-refractivity contribution in [2.24, 2.45) is 0 Å². The van der Waals surface area contributed by atoms with E-state index in [4.69, 9.17) is 27.9 Å². The molecule has 1 fully saturated rings. The molecule has 1 aliphatic heterocycles. The van der Waals surface area contributed by atoms with Crippen LogP contribution < -0.4 is 9.64 Å². The first-order valence-electron chi connectivity index (χ1n) is 9.02. The highest BCUT2D eigenvalue weighted by Gasteiger charge is 2.36. The molecule has 0 aromatic heterocycles. The van der Waals surface area contributed by atoms with E-state index < -0.39 is 0 Å². The van der Waals surface area contributed by atoms with Crippen molar-refractivity contribution >= 4 is 57.9 Å². The first-order valence-corrected chi connectivity index (χ1v) is 10.6. The number of nitrogens with zero attached hydrogens (tertiary/aromatic N) is 1. The third-order valence-electron chi connectivity index (χ3n) is 4.43. The van der Waals surface area contributed by atoms with Gasteiger partial charge in [0.05, 0.1) is 10.6 Å². The Morgan fingerprint density at radius 1 is 0.900 bits per heavy atom. The van der Waals surface area contributed by atoms with Crippen molar-refractivity contribution in [3.8, 4) is 5.75 Å². The molecule has 0 unspecified atom stereocenters. The van der Waals surface area contributed by atoms with Crippen LogP contribution in [0.15, 0.2) is 77.7 Å². The molecule has 0 N–H and O–H groups in total. The van der Waals surface area contributed by atoms with E-state index in [1.54, 1.807) is 36.4 Å². The van der Waals surface area contributed by atoms with Crippen LogP contribution in [0.2, 0.25) is 10.0 Å². The lowest BCUT2D eigenvalue weighted by atomic mass is 10.1. The van der Waals surface area contributed by atoms with Gasteiger partial charge in [-0.3, -0.25) is 9.59 Å². The Bertz CT molecular complexity index is 1150. The summed E-state index contributed by atoms with van der Waals surface area (Å²) >= 11 is 13.0. The third-order valence-corrected chi connectivity index (χ3v) is 5.92. The van der Waals surface area contributed by atoms with Gasteiger partial charge in [0.2, 0.25) is 0 Å². The molecular formula is C23H15Cl2NO3S. The van der Waals surface area contributed by atoms with Crippen LogP contribution in [0.4, 0.5) is 10.5 Å². The molecule has 7 heteroatoms. The van der Waals surface area contributed by atoms with Crippen molar-refractivity contribution < 1.29 is 14.3 Å². The Labute approximate surface area is 188 Å². The molecule has 2 amide bonds. The molecule has 30 heavy (non-hydrogen) atoms. The van der Waals surface area contributed by atoms with Crippen LogP contribution >= 0.6 is 35.0 Å². The van der Waals surface area contributed by atoms with E-state index in [1.807, 2.05) is 42.5 Å². The number of halogens is 2. The van der Waals surface area contributed by atoms with Crippen molar-refractivity contribution in [3.05, 3.63) is 98.9 Å². The molecule has 0 aliphatic carbocycles. The quantitative estimate of drug-likeness (QED) is 0.396. The van der Waals surface area contributed by atoms with Gasteiger partial charge in [-0.15, -0.1) is 0 Å². The SMILES string of the molecule is O=C1S/C(=C\c2ccccc2OCc2ccccc2Cl)C(=O)N1c1ccc(Cl)cc1. The predicted octanol–water partition coefficient (Wildman–Crippen LogP) is 6.81. The van der Waals surface area contributed by atoms with Gasteiger partial charge < -0.3 is 4.74 Å².